The average Bonchev–Trinajstić information content (AvgIpc) is 2.95. The van der Waals surface area contributed by atoms with Crippen molar-refractivity contribution in [2.45, 2.75) is 18.9 Å². The zero-order valence-corrected chi connectivity index (χ0v) is 10.1. The minimum absolute atomic E-state index is 0.517. The number of hydrogen-bond donors (Lipinski definition) is 1. The van der Waals surface area contributed by atoms with E-state index < -0.39 is 0 Å². The molecule has 2 aromatic heterocycles. The van der Waals surface area contributed by atoms with Crippen LogP contribution in [0, 0.1) is 0 Å². The fraction of sp³-hybridized carbons (Fsp3) is 0.417. The molecule has 0 atom stereocenters. The van der Waals surface area contributed by atoms with E-state index in [0.29, 0.717) is 6.04 Å². The maximum atomic E-state index is 4.31. The minimum Gasteiger partial charge on any atom is -0.303 e. The summed E-state index contributed by atoms with van der Waals surface area (Å²) in [5.74, 6) is 0.850. The lowest BCUT2D eigenvalue weighted by Gasteiger charge is -2.32. The van der Waals surface area contributed by atoms with Crippen LogP contribution >= 0.6 is 0 Å². The molecule has 0 aromatic carbocycles. The Kier molecular flexibility index (Phi) is 3.18. The lowest BCUT2D eigenvalue weighted by molar-refractivity contribution is 0.209. The van der Waals surface area contributed by atoms with Crippen molar-refractivity contribution in [2.75, 3.05) is 18.5 Å². The van der Waals surface area contributed by atoms with Gasteiger partial charge >= 0.3 is 0 Å². The summed E-state index contributed by atoms with van der Waals surface area (Å²) < 4.78 is 2.06. The molecule has 0 bridgehead atoms. The van der Waals surface area contributed by atoms with E-state index in [-0.39, 0.29) is 0 Å². The van der Waals surface area contributed by atoms with Crippen molar-refractivity contribution in [3.8, 4) is 0 Å². The van der Waals surface area contributed by atoms with Crippen LogP contribution in [-0.2, 0) is 0 Å². The molecule has 1 fully saturated rings. The van der Waals surface area contributed by atoms with Gasteiger partial charge in [0, 0.05) is 37.7 Å². The molecule has 0 radical (unpaired) electrons. The van der Waals surface area contributed by atoms with Crippen LogP contribution < -0.4 is 5.43 Å². The normalized spacial score (nSPS) is 17.8. The van der Waals surface area contributed by atoms with E-state index in [1.165, 1.54) is 0 Å². The zero-order chi connectivity index (χ0) is 12.2. The molecule has 3 rings (SSSR count). The summed E-state index contributed by atoms with van der Waals surface area (Å²) in [6, 6.07) is 4.37. The van der Waals surface area contributed by atoms with Crippen LogP contribution in [0.1, 0.15) is 18.9 Å². The van der Waals surface area contributed by atoms with Gasteiger partial charge in [-0.25, -0.2) is 15.0 Å². The lowest BCUT2D eigenvalue weighted by atomic mass is 10.1. The van der Waals surface area contributed by atoms with Gasteiger partial charge in [-0.3, -0.25) is 4.68 Å². The number of nitrogens with zero attached hydrogens (tertiary/aromatic N) is 5. The number of hydrazine groups is 1. The third-order valence-corrected chi connectivity index (χ3v) is 3.22. The van der Waals surface area contributed by atoms with Gasteiger partial charge in [-0.05, 0) is 18.9 Å². The van der Waals surface area contributed by atoms with E-state index in [0.717, 1.165) is 31.7 Å². The lowest BCUT2D eigenvalue weighted by Crippen LogP contribution is -2.38. The van der Waals surface area contributed by atoms with Gasteiger partial charge in [0.1, 0.15) is 12.1 Å². The molecule has 0 amide bonds. The number of aromatic nitrogens is 4. The first-order valence-electron chi connectivity index (χ1n) is 6.18. The highest BCUT2D eigenvalue weighted by atomic mass is 15.5. The molecule has 0 spiro atoms. The summed E-state index contributed by atoms with van der Waals surface area (Å²) in [5, 5.41) is 6.50. The van der Waals surface area contributed by atoms with Crippen molar-refractivity contribution < 1.29 is 0 Å². The highest BCUT2D eigenvalue weighted by Crippen LogP contribution is 2.21. The summed E-state index contributed by atoms with van der Waals surface area (Å²) >= 11 is 0. The predicted octanol–water partition coefficient (Wildman–Crippen LogP) is 1.34. The minimum atomic E-state index is 0.517. The number of nitrogens with one attached hydrogen (secondary N) is 1. The van der Waals surface area contributed by atoms with E-state index >= 15 is 0 Å². The second-order valence-electron chi connectivity index (χ2n) is 4.41. The predicted molar refractivity (Wildman–Crippen MR) is 67.7 cm³/mol. The molecule has 6 heteroatoms. The Bertz CT molecular complexity index is 461. The van der Waals surface area contributed by atoms with E-state index in [2.05, 4.69) is 30.2 Å². The van der Waals surface area contributed by atoms with Crippen LogP contribution in [0.2, 0.25) is 0 Å². The van der Waals surface area contributed by atoms with Gasteiger partial charge in [-0.15, -0.1) is 0 Å². The first-order chi connectivity index (χ1) is 8.92. The smallest absolute Gasteiger partial charge is 0.143 e. The van der Waals surface area contributed by atoms with Crippen LogP contribution in [0.4, 0.5) is 5.82 Å². The second kappa shape index (κ2) is 5.14. The molecule has 1 aliphatic heterocycles. The topological polar surface area (TPSA) is 58.9 Å². The van der Waals surface area contributed by atoms with E-state index in [1.807, 2.05) is 24.5 Å². The van der Waals surface area contributed by atoms with Gasteiger partial charge in [-0.1, -0.05) is 0 Å². The largest absolute Gasteiger partial charge is 0.303 e. The van der Waals surface area contributed by atoms with Gasteiger partial charge in [-0.2, -0.15) is 5.10 Å². The number of rotatable bonds is 3. The molecule has 3 heterocycles. The molecular weight excluding hydrogens is 228 g/mol. The Morgan fingerprint density at radius 2 is 2.11 bits per heavy atom. The zero-order valence-electron chi connectivity index (χ0n) is 10.1. The second-order valence-corrected chi connectivity index (χ2v) is 4.41. The molecule has 0 aliphatic carbocycles. The van der Waals surface area contributed by atoms with Crippen molar-refractivity contribution >= 4 is 5.82 Å². The molecule has 0 saturated carbocycles. The average molecular weight is 244 g/mol. The van der Waals surface area contributed by atoms with Gasteiger partial charge in [0.2, 0.25) is 0 Å². The summed E-state index contributed by atoms with van der Waals surface area (Å²) in [7, 11) is 0. The Labute approximate surface area is 106 Å². The van der Waals surface area contributed by atoms with Gasteiger partial charge in [0.25, 0.3) is 0 Å². The molecule has 2 aromatic rings. The van der Waals surface area contributed by atoms with Crippen LogP contribution in [0.5, 0.6) is 0 Å². The van der Waals surface area contributed by atoms with Gasteiger partial charge < -0.3 is 5.43 Å². The van der Waals surface area contributed by atoms with E-state index in [9.17, 15) is 0 Å². The highest BCUT2D eigenvalue weighted by molar-refractivity contribution is 5.30. The molecule has 1 saturated heterocycles. The molecule has 1 aliphatic rings. The van der Waals surface area contributed by atoms with Crippen molar-refractivity contribution in [2.24, 2.45) is 0 Å². The molecule has 1 N–H and O–H groups in total. The summed E-state index contributed by atoms with van der Waals surface area (Å²) in [6.07, 6.45) is 9.37. The first kappa shape index (κ1) is 11.2. The fourth-order valence-electron chi connectivity index (χ4n) is 2.26. The van der Waals surface area contributed by atoms with Crippen molar-refractivity contribution in [3.63, 3.8) is 0 Å². The quantitative estimate of drug-likeness (QED) is 0.883. The van der Waals surface area contributed by atoms with Crippen molar-refractivity contribution in [1.29, 1.82) is 0 Å². The van der Waals surface area contributed by atoms with Gasteiger partial charge in [0.15, 0.2) is 0 Å². The summed E-state index contributed by atoms with van der Waals surface area (Å²) in [5.41, 5.74) is 3.30. The number of anilines is 1. The standard InChI is InChI=1S/C12H16N6/c1-5-15-18(7-1)11-3-8-17(9-4-11)16-12-2-6-13-10-14-12/h1-2,5-7,10-11H,3-4,8-9H2,(H,13,14,16). The number of hydrogen-bond acceptors (Lipinski definition) is 5. The third kappa shape index (κ3) is 2.48. The molecule has 18 heavy (non-hydrogen) atoms. The number of piperidine rings is 1. The van der Waals surface area contributed by atoms with Crippen molar-refractivity contribution in [1.82, 2.24) is 24.8 Å². The van der Waals surface area contributed by atoms with Gasteiger partial charge in [0.05, 0.1) is 6.04 Å². The highest BCUT2D eigenvalue weighted by Gasteiger charge is 2.20. The maximum absolute atomic E-state index is 4.31. The Morgan fingerprint density at radius 1 is 1.22 bits per heavy atom. The molecule has 94 valence electrons. The third-order valence-electron chi connectivity index (χ3n) is 3.22. The fourth-order valence-corrected chi connectivity index (χ4v) is 2.26. The van der Waals surface area contributed by atoms with E-state index in [1.54, 1.807) is 12.5 Å². The van der Waals surface area contributed by atoms with Crippen LogP contribution in [0.25, 0.3) is 0 Å². The summed E-state index contributed by atoms with van der Waals surface area (Å²) in [4.78, 5) is 8.06. The van der Waals surface area contributed by atoms with Crippen LogP contribution in [-0.4, -0.2) is 37.8 Å². The molecule has 6 nitrogen and oxygen atoms in total. The Morgan fingerprint density at radius 3 is 2.78 bits per heavy atom. The SMILES string of the molecule is c1cnn(C2CCN(Nc3ccncn3)CC2)c1. The van der Waals surface area contributed by atoms with Crippen LogP contribution in [0.3, 0.4) is 0 Å². The maximum Gasteiger partial charge on any atom is 0.143 e. The Balaban J connectivity index is 1.54. The summed E-state index contributed by atoms with van der Waals surface area (Å²) in [6.45, 7) is 1.99. The monoisotopic (exact) mass is 244 g/mol. The molecule has 0 unspecified atom stereocenters. The molecular formula is C12H16N6. The Hall–Kier alpha value is -1.95. The first-order valence-corrected chi connectivity index (χ1v) is 6.18. The van der Waals surface area contributed by atoms with E-state index in [4.69, 9.17) is 0 Å². The van der Waals surface area contributed by atoms with Crippen LogP contribution in [0.15, 0.2) is 37.1 Å². The van der Waals surface area contributed by atoms with Crippen molar-refractivity contribution in [3.05, 3.63) is 37.1 Å².